The van der Waals surface area contributed by atoms with Gasteiger partial charge in [0.1, 0.15) is 0 Å². The molecule has 1 rings (SSSR count). The van der Waals surface area contributed by atoms with Crippen molar-refractivity contribution in [2.45, 2.75) is 58.5 Å². The maximum atomic E-state index is 9.10. The number of aliphatic hydroxyl groups is 1. The molecule has 0 saturated heterocycles. The molecule has 0 aromatic heterocycles. The largest absolute Gasteiger partial charge is 0.396 e. The van der Waals surface area contributed by atoms with Gasteiger partial charge in [0.25, 0.3) is 0 Å². The summed E-state index contributed by atoms with van der Waals surface area (Å²) in [5.74, 6) is 0. The molecule has 1 aliphatic carbocycles. The van der Waals surface area contributed by atoms with Crippen molar-refractivity contribution in [1.29, 1.82) is 0 Å². The number of hydrogen-bond acceptors (Lipinski definition) is 3. The molecule has 0 unspecified atom stereocenters. The van der Waals surface area contributed by atoms with E-state index in [9.17, 15) is 0 Å². The number of rotatable bonds is 8. The van der Waals surface area contributed by atoms with Gasteiger partial charge in [-0.2, -0.15) is 0 Å². The summed E-state index contributed by atoms with van der Waals surface area (Å²) in [5.41, 5.74) is -0.00970. The van der Waals surface area contributed by atoms with Gasteiger partial charge < -0.3 is 15.2 Å². The van der Waals surface area contributed by atoms with Crippen LogP contribution in [0.25, 0.3) is 0 Å². The molecule has 0 aromatic carbocycles. The van der Waals surface area contributed by atoms with Crippen LogP contribution in [0.3, 0.4) is 0 Å². The maximum absolute atomic E-state index is 9.10. The Morgan fingerprint density at radius 3 is 2.59 bits per heavy atom. The van der Waals surface area contributed by atoms with Gasteiger partial charge in [0, 0.05) is 25.2 Å². The third-order valence-corrected chi connectivity index (χ3v) is 3.44. The molecule has 102 valence electrons. The molecule has 2 N–H and O–H groups in total. The first-order valence-corrected chi connectivity index (χ1v) is 7.07. The lowest BCUT2D eigenvalue weighted by Gasteiger charge is -2.23. The molecule has 17 heavy (non-hydrogen) atoms. The van der Waals surface area contributed by atoms with Crippen LogP contribution in [0.5, 0.6) is 0 Å². The number of hydrogen-bond donors (Lipinski definition) is 2. The molecule has 3 heteroatoms. The minimum Gasteiger partial charge on any atom is -0.396 e. The molecule has 3 nitrogen and oxygen atoms in total. The second kappa shape index (κ2) is 8.06. The fourth-order valence-electron chi connectivity index (χ4n) is 2.16. The van der Waals surface area contributed by atoms with Crippen molar-refractivity contribution in [3.8, 4) is 0 Å². The average Bonchev–Trinajstić information content (AvgIpc) is 2.35. The Hall–Kier alpha value is -0.120. The van der Waals surface area contributed by atoms with Gasteiger partial charge in [-0.15, -0.1) is 0 Å². The normalized spacial score (nSPS) is 18.5. The van der Waals surface area contributed by atoms with Gasteiger partial charge in [-0.05, 0) is 25.8 Å². The Kier molecular flexibility index (Phi) is 7.09. The highest BCUT2D eigenvalue weighted by Gasteiger charge is 2.15. The molecule has 0 aromatic rings. The Labute approximate surface area is 106 Å². The Morgan fingerprint density at radius 2 is 1.94 bits per heavy atom. The van der Waals surface area contributed by atoms with E-state index in [4.69, 9.17) is 9.84 Å². The molecule has 0 spiro atoms. The zero-order chi connectivity index (χ0) is 12.6. The number of nitrogens with one attached hydrogen (secondary N) is 1. The van der Waals surface area contributed by atoms with Crippen LogP contribution in [0.2, 0.25) is 0 Å². The van der Waals surface area contributed by atoms with E-state index in [2.05, 4.69) is 19.2 Å². The zero-order valence-electron chi connectivity index (χ0n) is 11.5. The summed E-state index contributed by atoms with van der Waals surface area (Å²) >= 11 is 0. The smallest absolute Gasteiger partial charge is 0.0575 e. The van der Waals surface area contributed by atoms with E-state index in [-0.39, 0.29) is 12.0 Å². The lowest BCUT2D eigenvalue weighted by Crippen LogP contribution is -2.33. The third kappa shape index (κ3) is 7.02. The van der Waals surface area contributed by atoms with Crippen molar-refractivity contribution in [3.63, 3.8) is 0 Å². The second-order valence-corrected chi connectivity index (χ2v) is 5.98. The van der Waals surface area contributed by atoms with Crippen LogP contribution in [0, 0.1) is 5.41 Å². The first kappa shape index (κ1) is 14.9. The minimum atomic E-state index is -0.00970. The van der Waals surface area contributed by atoms with E-state index in [0.717, 1.165) is 26.1 Å². The molecular weight excluding hydrogens is 214 g/mol. The summed E-state index contributed by atoms with van der Waals surface area (Å²) in [6.45, 7) is 7.09. The highest BCUT2D eigenvalue weighted by atomic mass is 16.5. The molecule has 0 radical (unpaired) electrons. The van der Waals surface area contributed by atoms with Crippen LogP contribution in [0.4, 0.5) is 0 Å². The van der Waals surface area contributed by atoms with Crippen LogP contribution in [0.15, 0.2) is 0 Å². The molecule has 0 atom stereocenters. The van der Waals surface area contributed by atoms with Crippen molar-refractivity contribution in [3.05, 3.63) is 0 Å². The van der Waals surface area contributed by atoms with E-state index in [1.807, 2.05) is 0 Å². The molecule has 0 aliphatic heterocycles. The van der Waals surface area contributed by atoms with Gasteiger partial charge >= 0.3 is 0 Å². The van der Waals surface area contributed by atoms with Gasteiger partial charge in [-0.3, -0.25) is 0 Å². The summed E-state index contributed by atoms with van der Waals surface area (Å²) in [6.07, 6.45) is 8.17. The van der Waals surface area contributed by atoms with E-state index in [0.29, 0.717) is 6.10 Å². The Morgan fingerprint density at radius 1 is 1.24 bits per heavy atom. The summed E-state index contributed by atoms with van der Waals surface area (Å²) in [4.78, 5) is 0. The summed E-state index contributed by atoms with van der Waals surface area (Å²) < 4.78 is 5.85. The van der Waals surface area contributed by atoms with Crippen molar-refractivity contribution < 1.29 is 9.84 Å². The Balaban J connectivity index is 1.90. The lowest BCUT2D eigenvalue weighted by atomic mass is 9.95. The highest BCUT2D eigenvalue weighted by Crippen LogP contribution is 2.20. The van der Waals surface area contributed by atoms with E-state index < -0.39 is 0 Å². The number of ether oxygens (including phenoxy) is 1. The fourth-order valence-corrected chi connectivity index (χ4v) is 2.16. The first-order chi connectivity index (χ1) is 8.14. The average molecular weight is 243 g/mol. The van der Waals surface area contributed by atoms with Gasteiger partial charge in [0.05, 0.1) is 6.10 Å². The van der Waals surface area contributed by atoms with E-state index in [1.165, 1.54) is 32.1 Å². The second-order valence-electron chi connectivity index (χ2n) is 5.98. The maximum Gasteiger partial charge on any atom is 0.0575 e. The fraction of sp³-hybridized carbons (Fsp3) is 1.00. The predicted octanol–water partition coefficient (Wildman–Crippen LogP) is 2.33. The number of aliphatic hydroxyl groups excluding tert-OH is 1. The molecular formula is C14H29NO2. The van der Waals surface area contributed by atoms with Crippen LogP contribution >= 0.6 is 0 Å². The van der Waals surface area contributed by atoms with Crippen molar-refractivity contribution in [2.75, 3.05) is 26.3 Å². The molecule has 1 saturated carbocycles. The molecule has 0 heterocycles. The van der Waals surface area contributed by atoms with Crippen LogP contribution < -0.4 is 5.32 Å². The summed E-state index contributed by atoms with van der Waals surface area (Å²) in [5, 5.41) is 12.5. The van der Waals surface area contributed by atoms with Crippen molar-refractivity contribution in [2.24, 2.45) is 5.41 Å². The quantitative estimate of drug-likeness (QED) is 0.643. The monoisotopic (exact) mass is 243 g/mol. The van der Waals surface area contributed by atoms with E-state index in [1.54, 1.807) is 0 Å². The van der Waals surface area contributed by atoms with Gasteiger partial charge in [0.15, 0.2) is 0 Å². The van der Waals surface area contributed by atoms with Gasteiger partial charge in [-0.1, -0.05) is 33.1 Å². The summed E-state index contributed by atoms with van der Waals surface area (Å²) in [6, 6.07) is 0. The summed E-state index contributed by atoms with van der Waals surface area (Å²) in [7, 11) is 0. The van der Waals surface area contributed by atoms with Crippen molar-refractivity contribution >= 4 is 0 Å². The van der Waals surface area contributed by atoms with Gasteiger partial charge in [0.2, 0.25) is 0 Å². The topological polar surface area (TPSA) is 41.5 Å². The van der Waals surface area contributed by atoms with Crippen LogP contribution in [-0.2, 0) is 4.74 Å². The Bertz CT molecular complexity index is 189. The highest BCUT2D eigenvalue weighted by molar-refractivity contribution is 4.70. The SMILES string of the molecule is CC(C)(CO)CNCCCOC1CCCCC1. The molecule has 0 amide bonds. The van der Waals surface area contributed by atoms with Gasteiger partial charge in [-0.25, -0.2) is 0 Å². The third-order valence-electron chi connectivity index (χ3n) is 3.44. The van der Waals surface area contributed by atoms with Crippen LogP contribution in [0.1, 0.15) is 52.4 Å². The molecule has 1 aliphatic rings. The standard InChI is InChI=1S/C14H29NO2/c1-14(2,12-16)11-15-9-6-10-17-13-7-4-3-5-8-13/h13,15-16H,3-12H2,1-2H3. The van der Waals surface area contributed by atoms with Crippen molar-refractivity contribution in [1.82, 2.24) is 5.32 Å². The van der Waals surface area contributed by atoms with Crippen LogP contribution in [-0.4, -0.2) is 37.5 Å². The van der Waals surface area contributed by atoms with E-state index >= 15 is 0 Å². The molecule has 1 fully saturated rings. The lowest BCUT2D eigenvalue weighted by molar-refractivity contribution is 0.0270. The predicted molar refractivity (Wildman–Crippen MR) is 71.2 cm³/mol. The first-order valence-electron chi connectivity index (χ1n) is 7.07. The molecule has 0 bridgehead atoms. The zero-order valence-corrected chi connectivity index (χ0v) is 11.5. The minimum absolute atomic E-state index is 0.00970.